The van der Waals surface area contributed by atoms with Crippen LogP contribution in [0.4, 0.5) is 26.3 Å². The highest BCUT2D eigenvalue weighted by molar-refractivity contribution is 5.71. The van der Waals surface area contributed by atoms with Gasteiger partial charge in [0.05, 0.1) is 0 Å². The van der Waals surface area contributed by atoms with Gasteiger partial charge in [0.2, 0.25) is 11.6 Å². The first kappa shape index (κ1) is 15.0. The average Bonchev–Trinajstić information content (AvgIpc) is 2.46. The van der Waals surface area contributed by atoms with Gasteiger partial charge in [-0.25, -0.2) is 17.6 Å². The van der Waals surface area contributed by atoms with Crippen molar-refractivity contribution in [2.45, 2.75) is 6.92 Å². The lowest BCUT2D eigenvalue weighted by molar-refractivity contribution is 0.372. The van der Waals surface area contributed by atoms with Crippen molar-refractivity contribution in [1.29, 1.82) is 0 Å². The van der Waals surface area contributed by atoms with Crippen molar-refractivity contribution < 1.29 is 36.6 Å². The molecule has 0 aliphatic heterocycles. The maximum Gasteiger partial charge on any atom is 0.204 e. The Morgan fingerprint density at radius 2 is 1.24 bits per heavy atom. The highest BCUT2D eigenvalue weighted by atomic mass is 19.2. The number of phenolic OH excluding ortho intramolecular Hbond substituents is 2. The summed E-state index contributed by atoms with van der Waals surface area (Å²) in [5.74, 6) is -14.3. The van der Waals surface area contributed by atoms with Crippen molar-refractivity contribution in [3.8, 4) is 22.6 Å². The molecule has 2 rings (SSSR count). The Morgan fingerprint density at radius 3 is 1.81 bits per heavy atom. The largest absolute Gasteiger partial charge is 0.503 e. The molecule has 0 radical (unpaired) electrons. The molecule has 8 heteroatoms. The van der Waals surface area contributed by atoms with E-state index < -0.39 is 63.1 Å². The van der Waals surface area contributed by atoms with Gasteiger partial charge in [-0.3, -0.25) is 0 Å². The zero-order valence-corrected chi connectivity index (χ0v) is 10.2. The van der Waals surface area contributed by atoms with E-state index in [-0.39, 0.29) is 6.07 Å². The van der Waals surface area contributed by atoms with Crippen molar-refractivity contribution in [1.82, 2.24) is 0 Å². The van der Waals surface area contributed by atoms with Gasteiger partial charge in [-0.2, -0.15) is 8.78 Å². The molecule has 0 saturated carbocycles. The summed E-state index contributed by atoms with van der Waals surface area (Å²) in [6.07, 6.45) is 0. The van der Waals surface area contributed by atoms with E-state index >= 15 is 0 Å². The van der Waals surface area contributed by atoms with Crippen molar-refractivity contribution in [3.63, 3.8) is 0 Å². The van der Waals surface area contributed by atoms with E-state index in [4.69, 9.17) is 10.2 Å². The second kappa shape index (κ2) is 4.87. The molecule has 0 aliphatic rings. The standard InChI is InChI=1S/C13H6F6O2/c1-3-6(9(17)11(19)13(21)7(3)15)4-2-5(14)12(20)10(18)8(4)16/h2,20-21H,1H3. The topological polar surface area (TPSA) is 40.5 Å². The van der Waals surface area contributed by atoms with Gasteiger partial charge in [0, 0.05) is 11.1 Å². The number of phenols is 2. The highest BCUT2D eigenvalue weighted by Crippen LogP contribution is 2.39. The molecule has 0 aromatic heterocycles. The molecule has 0 aliphatic carbocycles. The Bertz CT molecular complexity index is 728. The van der Waals surface area contributed by atoms with Gasteiger partial charge in [0.15, 0.2) is 34.8 Å². The molecule has 21 heavy (non-hydrogen) atoms. The summed E-state index contributed by atoms with van der Waals surface area (Å²) >= 11 is 0. The molecule has 2 nitrogen and oxygen atoms in total. The molecule has 0 bridgehead atoms. The molecule has 0 atom stereocenters. The average molecular weight is 308 g/mol. The molecule has 2 N–H and O–H groups in total. The number of rotatable bonds is 1. The van der Waals surface area contributed by atoms with Gasteiger partial charge < -0.3 is 10.2 Å². The van der Waals surface area contributed by atoms with Gasteiger partial charge in [-0.1, -0.05) is 0 Å². The summed E-state index contributed by atoms with van der Waals surface area (Å²) in [7, 11) is 0. The van der Waals surface area contributed by atoms with Gasteiger partial charge >= 0.3 is 0 Å². The summed E-state index contributed by atoms with van der Waals surface area (Å²) < 4.78 is 80.7. The third kappa shape index (κ3) is 2.07. The first-order valence-corrected chi connectivity index (χ1v) is 5.41. The van der Waals surface area contributed by atoms with Crippen molar-refractivity contribution in [3.05, 3.63) is 46.5 Å². The molecular formula is C13H6F6O2. The first-order chi connectivity index (χ1) is 9.68. The van der Waals surface area contributed by atoms with Crippen LogP contribution >= 0.6 is 0 Å². The van der Waals surface area contributed by atoms with Crippen LogP contribution in [0.1, 0.15) is 5.56 Å². The fraction of sp³-hybridized carbons (Fsp3) is 0.0769. The third-order valence-electron chi connectivity index (χ3n) is 2.94. The van der Waals surface area contributed by atoms with Gasteiger partial charge in [-0.05, 0) is 18.6 Å². The van der Waals surface area contributed by atoms with Gasteiger partial charge in [0.1, 0.15) is 0 Å². The van der Waals surface area contributed by atoms with Crippen LogP contribution in [0, 0.1) is 41.8 Å². The van der Waals surface area contributed by atoms with E-state index in [9.17, 15) is 26.3 Å². The Balaban J connectivity index is 2.93. The van der Waals surface area contributed by atoms with Crippen LogP contribution in [0.15, 0.2) is 6.07 Å². The minimum atomic E-state index is -2.03. The van der Waals surface area contributed by atoms with E-state index in [1.54, 1.807) is 0 Å². The molecule has 2 aromatic carbocycles. The lowest BCUT2D eigenvalue weighted by atomic mass is 9.97. The first-order valence-electron chi connectivity index (χ1n) is 5.41. The highest BCUT2D eigenvalue weighted by Gasteiger charge is 2.28. The van der Waals surface area contributed by atoms with E-state index in [1.807, 2.05) is 0 Å². The summed E-state index contributed by atoms with van der Waals surface area (Å²) in [6.45, 7) is 0.856. The van der Waals surface area contributed by atoms with E-state index in [1.165, 1.54) is 0 Å². The van der Waals surface area contributed by atoms with Crippen LogP contribution in [-0.2, 0) is 0 Å². The number of hydrogen-bond donors (Lipinski definition) is 2. The number of aromatic hydroxyl groups is 2. The lowest BCUT2D eigenvalue weighted by Gasteiger charge is -2.13. The maximum atomic E-state index is 13.8. The van der Waals surface area contributed by atoms with E-state index in [0.717, 1.165) is 6.92 Å². The van der Waals surface area contributed by atoms with Crippen molar-refractivity contribution >= 4 is 0 Å². The SMILES string of the molecule is Cc1c(F)c(O)c(F)c(F)c1-c1cc(F)c(O)c(F)c1F. The van der Waals surface area contributed by atoms with Crippen LogP contribution in [0.25, 0.3) is 11.1 Å². The Kier molecular flexibility index (Phi) is 3.48. The molecule has 2 aromatic rings. The minimum Gasteiger partial charge on any atom is -0.503 e. The van der Waals surface area contributed by atoms with Crippen LogP contribution in [0.3, 0.4) is 0 Å². The zero-order valence-electron chi connectivity index (χ0n) is 10.2. The Labute approximate surface area is 113 Å². The van der Waals surface area contributed by atoms with E-state index in [0.29, 0.717) is 0 Å². The zero-order chi connectivity index (χ0) is 16.1. The predicted molar refractivity (Wildman–Crippen MR) is 59.7 cm³/mol. The molecule has 0 saturated heterocycles. The van der Waals surface area contributed by atoms with Crippen LogP contribution in [-0.4, -0.2) is 10.2 Å². The van der Waals surface area contributed by atoms with Crippen molar-refractivity contribution in [2.75, 3.05) is 0 Å². The van der Waals surface area contributed by atoms with Gasteiger partial charge in [-0.15, -0.1) is 0 Å². The molecule has 0 heterocycles. The second-order valence-electron chi connectivity index (χ2n) is 4.17. The summed E-state index contributed by atoms with van der Waals surface area (Å²) in [5, 5.41) is 17.9. The fourth-order valence-corrected chi connectivity index (χ4v) is 1.85. The minimum absolute atomic E-state index is 0.190. The number of halogens is 6. The van der Waals surface area contributed by atoms with Gasteiger partial charge in [0.25, 0.3) is 0 Å². The van der Waals surface area contributed by atoms with Crippen LogP contribution in [0.2, 0.25) is 0 Å². The fourth-order valence-electron chi connectivity index (χ4n) is 1.85. The quantitative estimate of drug-likeness (QED) is 0.619. The lowest BCUT2D eigenvalue weighted by Crippen LogP contribution is -2.02. The molecule has 0 spiro atoms. The summed E-state index contributed by atoms with van der Waals surface area (Å²) in [4.78, 5) is 0. The van der Waals surface area contributed by atoms with E-state index in [2.05, 4.69) is 0 Å². The second-order valence-corrected chi connectivity index (χ2v) is 4.17. The monoisotopic (exact) mass is 308 g/mol. The molecule has 0 amide bonds. The predicted octanol–water partition coefficient (Wildman–Crippen LogP) is 3.91. The third-order valence-corrected chi connectivity index (χ3v) is 2.94. The maximum absolute atomic E-state index is 13.8. The smallest absolute Gasteiger partial charge is 0.204 e. The Hall–Kier alpha value is -2.38. The van der Waals surface area contributed by atoms with Crippen molar-refractivity contribution in [2.24, 2.45) is 0 Å². The summed E-state index contributed by atoms with van der Waals surface area (Å²) in [6, 6.07) is 0.190. The number of hydrogen-bond acceptors (Lipinski definition) is 2. The Morgan fingerprint density at radius 1 is 0.714 bits per heavy atom. The van der Waals surface area contributed by atoms with Crippen LogP contribution in [0.5, 0.6) is 11.5 Å². The number of benzene rings is 2. The molecule has 0 fully saturated rings. The van der Waals surface area contributed by atoms with Crippen LogP contribution < -0.4 is 0 Å². The normalized spacial score (nSPS) is 11.0. The summed E-state index contributed by atoms with van der Waals surface area (Å²) in [5.41, 5.74) is -2.98. The molecule has 0 unspecified atom stereocenters. The molecular weight excluding hydrogens is 302 g/mol. The molecule has 112 valence electrons.